The predicted molar refractivity (Wildman–Crippen MR) is 91.9 cm³/mol. The fraction of sp³-hybridized carbons (Fsp3) is 0.389. The molecule has 1 saturated heterocycles. The zero-order valence-electron chi connectivity index (χ0n) is 14.0. The van der Waals surface area contributed by atoms with Gasteiger partial charge in [-0.05, 0) is 56.0 Å². The van der Waals surface area contributed by atoms with Crippen LogP contribution in [0.4, 0.5) is 10.2 Å². The van der Waals surface area contributed by atoms with Crippen LogP contribution in [0, 0.1) is 12.7 Å². The number of fused-ring (bicyclic) bond motifs is 1. The van der Waals surface area contributed by atoms with Gasteiger partial charge >= 0.3 is 0 Å². The minimum absolute atomic E-state index is 0.196. The van der Waals surface area contributed by atoms with Crippen LogP contribution < -0.4 is 4.90 Å². The molecule has 0 bridgehead atoms. The van der Waals surface area contributed by atoms with Gasteiger partial charge in [-0.3, -0.25) is 0 Å². The summed E-state index contributed by atoms with van der Waals surface area (Å²) in [7, 11) is 0. The molecule has 0 amide bonds. The third kappa shape index (κ3) is 3.07. The quantitative estimate of drug-likeness (QED) is 0.790. The van der Waals surface area contributed by atoms with Crippen molar-refractivity contribution in [2.24, 2.45) is 0 Å². The molecule has 25 heavy (non-hydrogen) atoms. The Bertz CT molecular complexity index is 879. The number of hydrogen-bond acceptors (Lipinski definition) is 5. The van der Waals surface area contributed by atoms with Crippen LogP contribution >= 0.6 is 0 Å². The van der Waals surface area contributed by atoms with E-state index in [1.165, 1.54) is 12.1 Å². The van der Waals surface area contributed by atoms with Crippen molar-refractivity contribution in [2.45, 2.75) is 38.3 Å². The minimum Gasteiger partial charge on any atom is -0.388 e. The molecule has 1 aliphatic rings. The van der Waals surface area contributed by atoms with Crippen molar-refractivity contribution >= 4 is 11.5 Å². The number of hydrogen-bond donors (Lipinski definition) is 1. The highest BCUT2D eigenvalue weighted by atomic mass is 19.1. The van der Waals surface area contributed by atoms with E-state index in [2.05, 4.69) is 20.2 Å². The van der Waals surface area contributed by atoms with Crippen LogP contribution in [-0.2, 0) is 0 Å². The van der Waals surface area contributed by atoms with Crippen LogP contribution in [0.1, 0.15) is 36.8 Å². The van der Waals surface area contributed by atoms with Crippen molar-refractivity contribution < 1.29 is 9.50 Å². The molecule has 130 valence electrons. The maximum atomic E-state index is 13.1. The largest absolute Gasteiger partial charge is 0.388 e. The number of aliphatic hydroxyl groups excluding tert-OH is 1. The summed E-state index contributed by atoms with van der Waals surface area (Å²) < 4.78 is 14.8. The number of rotatable bonds is 4. The fourth-order valence-corrected chi connectivity index (χ4v) is 3.50. The third-order valence-electron chi connectivity index (χ3n) is 4.83. The Morgan fingerprint density at radius 3 is 2.80 bits per heavy atom. The molecular formula is C18H20FN5O. The zero-order chi connectivity index (χ0) is 17.4. The average molecular weight is 341 g/mol. The summed E-state index contributed by atoms with van der Waals surface area (Å²) in [5.74, 6) is 1.32. The van der Waals surface area contributed by atoms with Crippen molar-refractivity contribution in [3.05, 3.63) is 53.6 Å². The summed E-state index contributed by atoms with van der Waals surface area (Å²) in [6.45, 7) is 2.77. The molecule has 0 spiro atoms. The molecule has 3 aromatic rings. The van der Waals surface area contributed by atoms with E-state index in [0.29, 0.717) is 6.42 Å². The van der Waals surface area contributed by atoms with Gasteiger partial charge in [0.05, 0.1) is 6.10 Å². The number of halogens is 1. The van der Waals surface area contributed by atoms with E-state index in [9.17, 15) is 9.50 Å². The lowest BCUT2D eigenvalue weighted by molar-refractivity contribution is 0.158. The molecular weight excluding hydrogens is 321 g/mol. The van der Waals surface area contributed by atoms with Crippen molar-refractivity contribution in [1.82, 2.24) is 19.8 Å². The van der Waals surface area contributed by atoms with Crippen LogP contribution in [0.3, 0.4) is 0 Å². The first-order valence-electron chi connectivity index (χ1n) is 8.51. The molecule has 1 aromatic carbocycles. The monoisotopic (exact) mass is 341 g/mol. The van der Waals surface area contributed by atoms with E-state index >= 15 is 0 Å². The molecule has 0 aliphatic carbocycles. The minimum atomic E-state index is -0.619. The summed E-state index contributed by atoms with van der Waals surface area (Å²) in [6.07, 6.45) is 2.03. The van der Waals surface area contributed by atoms with Crippen molar-refractivity contribution in [3.63, 3.8) is 0 Å². The van der Waals surface area contributed by atoms with Crippen LogP contribution in [0.5, 0.6) is 0 Å². The van der Waals surface area contributed by atoms with Gasteiger partial charge in [0.25, 0.3) is 0 Å². The highest BCUT2D eigenvalue weighted by Crippen LogP contribution is 2.30. The van der Waals surface area contributed by atoms with Gasteiger partial charge in [0.2, 0.25) is 0 Å². The Labute approximate surface area is 144 Å². The van der Waals surface area contributed by atoms with E-state index < -0.39 is 6.10 Å². The van der Waals surface area contributed by atoms with Crippen molar-refractivity contribution in [1.29, 1.82) is 0 Å². The van der Waals surface area contributed by atoms with E-state index in [4.69, 9.17) is 0 Å². The number of aryl methyl sites for hydroxylation is 1. The maximum Gasteiger partial charge on any atom is 0.178 e. The molecule has 2 aromatic heterocycles. The number of aliphatic hydroxyl groups is 1. The van der Waals surface area contributed by atoms with Gasteiger partial charge < -0.3 is 10.0 Å². The molecule has 3 heterocycles. The first kappa shape index (κ1) is 16.0. The van der Waals surface area contributed by atoms with E-state index in [0.717, 1.165) is 42.2 Å². The molecule has 2 atom stereocenters. The molecule has 0 saturated carbocycles. The lowest BCUT2D eigenvalue weighted by Gasteiger charge is -2.27. The number of anilines is 1. The first-order valence-corrected chi connectivity index (χ1v) is 8.51. The smallest absolute Gasteiger partial charge is 0.178 e. The molecule has 4 rings (SSSR count). The van der Waals surface area contributed by atoms with Crippen LogP contribution in [0.25, 0.3) is 5.65 Å². The van der Waals surface area contributed by atoms with Gasteiger partial charge in [0.1, 0.15) is 11.6 Å². The van der Waals surface area contributed by atoms with E-state index in [-0.39, 0.29) is 11.9 Å². The summed E-state index contributed by atoms with van der Waals surface area (Å²) in [5.41, 5.74) is 1.47. The predicted octanol–water partition coefficient (Wildman–Crippen LogP) is 2.66. The van der Waals surface area contributed by atoms with Crippen LogP contribution in [0.15, 0.2) is 36.4 Å². The fourth-order valence-electron chi connectivity index (χ4n) is 3.50. The van der Waals surface area contributed by atoms with Crippen LogP contribution in [-0.4, -0.2) is 37.5 Å². The Hall–Kier alpha value is -2.54. The van der Waals surface area contributed by atoms with Gasteiger partial charge in [-0.2, -0.15) is 4.52 Å². The Morgan fingerprint density at radius 1 is 1.20 bits per heavy atom. The molecule has 2 unspecified atom stereocenters. The maximum absolute atomic E-state index is 13.1. The van der Waals surface area contributed by atoms with Gasteiger partial charge in [-0.15, -0.1) is 15.3 Å². The normalized spacial score (nSPS) is 18.8. The van der Waals surface area contributed by atoms with E-state index in [1.54, 1.807) is 16.6 Å². The summed E-state index contributed by atoms with van der Waals surface area (Å²) in [5, 5.41) is 23.3. The zero-order valence-corrected chi connectivity index (χ0v) is 14.0. The van der Waals surface area contributed by atoms with E-state index in [1.807, 2.05) is 19.1 Å². The second-order valence-electron chi connectivity index (χ2n) is 6.50. The highest BCUT2D eigenvalue weighted by molar-refractivity contribution is 5.47. The lowest BCUT2D eigenvalue weighted by Crippen LogP contribution is -2.31. The number of aromatic nitrogens is 4. The van der Waals surface area contributed by atoms with Crippen molar-refractivity contribution in [3.8, 4) is 0 Å². The molecule has 0 radical (unpaired) electrons. The number of benzene rings is 1. The second kappa shape index (κ2) is 6.40. The van der Waals surface area contributed by atoms with Crippen LogP contribution in [0.2, 0.25) is 0 Å². The summed E-state index contributed by atoms with van der Waals surface area (Å²) in [4.78, 5) is 2.23. The lowest BCUT2D eigenvalue weighted by atomic mass is 10.0. The summed E-state index contributed by atoms with van der Waals surface area (Å²) in [6, 6.07) is 10.1. The molecule has 1 N–H and O–H groups in total. The molecule has 7 heteroatoms. The Balaban J connectivity index is 1.54. The summed E-state index contributed by atoms with van der Waals surface area (Å²) >= 11 is 0. The molecule has 1 fully saturated rings. The standard InChI is InChI=1S/C18H20FN5O/c1-12-20-21-17-8-9-18(22-24(12)17)23-10-2-3-15(23)11-16(25)13-4-6-14(19)7-5-13/h4-9,15-16,25H,2-3,10-11H2,1H3. The Morgan fingerprint density at radius 2 is 2.00 bits per heavy atom. The SMILES string of the molecule is Cc1nnc2ccc(N3CCCC3CC(O)c3ccc(F)cc3)nn12. The van der Waals surface area contributed by atoms with Gasteiger partial charge in [0.15, 0.2) is 11.5 Å². The molecule has 1 aliphatic heterocycles. The van der Waals surface area contributed by atoms with Gasteiger partial charge in [-0.25, -0.2) is 4.39 Å². The highest BCUT2D eigenvalue weighted by Gasteiger charge is 2.28. The third-order valence-corrected chi connectivity index (χ3v) is 4.83. The second-order valence-corrected chi connectivity index (χ2v) is 6.50. The van der Waals surface area contributed by atoms with Gasteiger partial charge in [-0.1, -0.05) is 12.1 Å². The first-order chi connectivity index (χ1) is 12.1. The van der Waals surface area contributed by atoms with Gasteiger partial charge in [0, 0.05) is 12.6 Å². The molecule has 6 nitrogen and oxygen atoms in total. The van der Waals surface area contributed by atoms with Crippen molar-refractivity contribution in [2.75, 3.05) is 11.4 Å². The topological polar surface area (TPSA) is 66.5 Å². The Kier molecular flexibility index (Phi) is 4.09. The number of nitrogens with zero attached hydrogens (tertiary/aromatic N) is 5. The average Bonchev–Trinajstić information content (AvgIpc) is 3.22.